The minimum atomic E-state index is -0.317. The number of amides is 3. The number of urea groups is 1. The molecule has 33 heavy (non-hydrogen) atoms. The van der Waals surface area contributed by atoms with Crippen LogP contribution in [0.5, 0.6) is 0 Å². The number of anilines is 2. The van der Waals surface area contributed by atoms with Crippen LogP contribution < -0.4 is 21.7 Å². The van der Waals surface area contributed by atoms with E-state index in [0.29, 0.717) is 23.6 Å². The average Bonchev–Trinajstić information content (AvgIpc) is 3.24. The smallest absolute Gasteiger partial charge is 0.315 e. The standard InChI is InChI=1S/C23H34N6O3S/c1-2-8-25-23(31)28-19(5-3-4-9-29-10-12-32-13-11-29)17-6-7-20(26-14-17)22(30)27-21-16-33-15-18(21)24/h6-7,14-16,19H,2-5,8-13,24H2,1H3,(H,27,30)(H2,25,28,31). The van der Waals surface area contributed by atoms with Gasteiger partial charge in [-0.25, -0.2) is 4.79 Å². The van der Waals surface area contributed by atoms with Crippen LogP contribution in [0.15, 0.2) is 29.1 Å². The monoisotopic (exact) mass is 474 g/mol. The Morgan fingerprint density at radius 3 is 2.73 bits per heavy atom. The number of nitrogens with zero attached hydrogens (tertiary/aromatic N) is 2. The number of carbonyl (C=O) groups excluding carboxylic acids is 2. The molecule has 0 aromatic carbocycles. The third kappa shape index (κ3) is 7.99. The number of nitrogens with one attached hydrogen (secondary N) is 3. The number of nitrogen functional groups attached to an aromatic ring is 1. The Hall–Kier alpha value is -2.69. The van der Waals surface area contributed by atoms with Crippen molar-refractivity contribution in [3.8, 4) is 0 Å². The summed E-state index contributed by atoms with van der Waals surface area (Å²) in [4.78, 5) is 31.5. The van der Waals surface area contributed by atoms with E-state index in [9.17, 15) is 9.59 Å². The van der Waals surface area contributed by atoms with Crippen LogP contribution in [0.4, 0.5) is 16.2 Å². The van der Waals surface area contributed by atoms with Crippen molar-refractivity contribution in [3.63, 3.8) is 0 Å². The zero-order valence-corrected chi connectivity index (χ0v) is 20.0. The predicted molar refractivity (Wildman–Crippen MR) is 132 cm³/mol. The third-order valence-corrected chi connectivity index (χ3v) is 6.29. The van der Waals surface area contributed by atoms with Gasteiger partial charge in [-0.3, -0.25) is 14.7 Å². The lowest BCUT2D eigenvalue weighted by atomic mass is 10.0. The number of unbranched alkanes of at least 4 members (excludes halogenated alkanes) is 1. The van der Waals surface area contributed by atoms with Gasteiger partial charge in [-0.15, -0.1) is 11.3 Å². The van der Waals surface area contributed by atoms with E-state index in [2.05, 4.69) is 25.8 Å². The second kappa shape index (κ2) is 13.1. The number of carbonyl (C=O) groups is 2. The Morgan fingerprint density at radius 2 is 2.06 bits per heavy atom. The molecule has 3 rings (SSSR count). The van der Waals surface area contributed by atoms with E-state index in [1.807, 2.05) is 13.0 Å². The predicted octanol–water partition coefficient (Wildman–Crippen LogP) is 3.23. The Balaban J connectivity index is 1.58. The summed E-state index contributed by atoms with van der Waals surface area (Å²) in [5.41, 5.74) is 8.13. The molecule has 1 aliphatic heterocycles. The van der Waals surface area contributed by atoms with Crippen molar-refractivity contribution >= 4 is 34.6 Å². The summed E-state index contributed by atoms with van der Waals surface area (Å²) in [6.45, 7) is 7.22. The molecule has 0 saturated carbocycles. The van der Waals surface area contributed by atoms with Crippen molar-refractivity contribution in [1.29, 1.82) is 0 Å². The van der Waals surface area contributed by atoms with E-state index in [0.717, 1.165) is 64.1 Å². The molecule has 9 nitrogen and oxygen atoms in total. The van der Waals surface area contributed by atoms with E-state index in [1.165, 1.54) is 11.3 Å². The van der Waals surface area contributed by atoms with Crippen LogP contribution in [0.2, 0.25) is 0 Å². The Bertz CT molecular complexity index is 883. The largest absolute Gasteiger partial charge is 0.396 e. The van der Waals surface area contributed by atoms with Crippen LogP contribution in [-0.4, -0.2) is 61.2 Å². The highest BCUT2D eigenvalue weighted by molar-refractivity contribution is 7.09. The van der Waals surface area contributed by atoms with Gasteiger partial charge in [0.15, 0.2) is 0 Å². The number of hydrogen-bond acceptors (Lipinski definition) is 7. The fourth-order valence-electron chi connectivity index (χ4n) is 3.62. The van der Waals surface area contributed by atoms with Gasteiger partial charge in [0.1, 0.15) is 5.69 Å². The second-order valence-corrected chi connectivity index (χ2v) is 8.82. The molecular formula is C23H34N6O3S. The summed E-state index contributed by atoms with van der Waals surface area (Å²) in [6, 6.07) is 3.17. The summed E-state index contributed by atoms with van der Waals surface area (Å²) in [5.74, 6) is -0.317. The lowest BCUT2D eigenvalue weighted by Gasteiger charge is -2.26. The maximum Gasteiger partial charge on any atom is 0.315 e. The fraction of sp³-hybridized carbons (Fsp3) is 0.522. The van der Waals surface area contributed by atoms with Gasteiger partial charge in [0.25, 0.3) is 5.91 Å². The third-order valence-electron chi connectivity index (χ3n) is 5.52. The fourth-order valence-corrected chi connectivity index (χ4v) is 4.29. The van der Waals surface area contributed by atoms with Crippen LogP contribution in [0.25, 0.3) is 0 Å². The molecule has 1 saturated heterocycles. The summed E-state index contributed by atoms with van der Waals surface area (Å²) < 4.78 is 5.40. The molecular weight excluding hydrogens is 440 g/mol. The first-order chi connectivity index (χ1) is 16.1. The quantitative estimate of drug-likeness (QED) is 0.371. The summed E-state index contributed by atoms with van der Waals surface area (Å²) in [7, 11) is 0. The van der Waals surface area contributed by atoms with Gasteiger partial charge in [-0.2, -0.15) is 0 Å². The first kappa shape index (κ1) is 24.9. The molecule has 1 atom stereocenters. The van der Waals surface area contributed by atoms with E-state index in [1.54, 1.807) is 23.0 Å². The van der Waals surface area contributed by atoms with Crippen LogP contribution in [0, 0.1) is 0 Å². The van der Waals surface area contributed by atoms with Crippen LogP contribution in [-0.2, 0) is 4.74 Å². The Labute approximate surface area is 199 Å². The second-order valence-electron chi connectivity index (χ2n) is 8.07. The maximum absolute atomic E-state index is 12.5. The molecule has 2 aromatic heterocycles. The molecule has 0 spiro atoms. The lowest BCUT2D eigenvalue weighted by Crippen LogP contribution is -2.38. The zero-order valence-electron chi connectivity index (χ0n) is 19.1. The van der Waals surface area contributed by atoms with Gasteiger partial charge in [-0.05, 0) is 43.9 Å². The number of aromatic nitrogens is 1. The highest BCUT2D eigenvalue weighted by atomic mass is 32.1. The van der Waals surface area contributed by atoms with Crippen molar-refractivity contribution in [2.45, 2.75) is 38.6 Å². The number of pyridine rings is 1. The van der Waals surface area contributed by atoms with Gasteiger partial charge >= 0.3 is 6.03 Å². The van der Waals surface area contributed by atoms with Gasteiger partial charge in [-0.1, -0.05) is 13.0 Å². The lowest BCUT2D eigenvalue weighted by molar-refractivity contribution is 0.0370. The molecule has 10 heteroatoms. The molecule has 2 aromatic rings. The number of morpholine rings is 1. The van der Waals surface area contributed by atoms with E-state index in [-0.39, 0.29) is 18.0 Å². The summed E-state index contributed by atoms with van der Waals surface area (Å²) in [6.07, 6.45) is 5.35. The summed E-state index contributed by atoms with van der Waals surface area (Å²) >= 11 is 1.42. The highest BCUT2D eigenvalue weighted by Gasteiger charge is 2.17. The molecule has 0 radical (unpaired) electrons. The number of rotatable bonds is 11. The summed E-state index contributed by atoms with van der Waals surface area (Å²) in [5, 5.41) is 12.3. The topological polar surface area (TPSA) is 122 Å². The Morgan fingerprint density at radius 1 is 1.24 bits per heavy atom. The van der Waals surface area contributed by atoms with E-state index in [4.69, 9.17) is 10.5 Å². The van der Waals surface area contributed by atoms with Crippen LogP contribution in [0.1, 0.15) is 54.7 Å². The number of hydrogen-bond donors (Lipinski definition) is 4. The minimum absolute atomic E-state index is 0.177. The molecule has 1 fully saturated rings. The Kier molecular flexibility index (Phi) is 9.92. The van der Waals surface area contributed by atoms with Crippen molar-refractivity contribution in [2.24, 2.45) is 0 Å². The molecule has 5 N–H and O–H groups in total. The molecule has 1 unspecified atom stereocenters. The van der Waals surface area contributed by atoms with Crippen molar-refractivity contribution < 1.29 is 14.3 Å². The number of thiophene rings is 1. The molecule has 3 heterocycles. The average molecular weight is 475 g/mol. The molecule has 1 aliphatic rings. The van der Waals surface area contributed by atoms with Gasteiger partial charge in [0, 0.05) is 36.6 Å². The van der Waals surface area contributed by atoms with Crippen molar-refractivity contribution in [3.05, 3.63) is 40.3 Å². The van der Waals surface area contributed by atoms with Gasteiger partial charge in [0.05, 0.1) is 30.6 Å². The van der Waals surface area contributed by atoms with Crippen LogP contribution >= 0.6 is 11.3 Å². The SMILES string of the molecule is CCCNC(=O)NC(CCCCN1CCOCC1)c1ccc(C(=O)Nc2cscc2N)nc1. The first-order valence-electron chi connectivity index (χ1n) is 11.5. The van der Waals surface area contributed by atoms with E-state index >= 15 is 0 Å². The minimum Gasteiger partial charge on any atom is -0.396 e. The molecule has 0 aliphatic carbocycles. The maximum atomic E-state index is 12.5. The molecule has 3 amide bonds. The molecule has 0 bridgehead atoms. The first-order valence-corrected chi connectivity index (χ1v) is 12.4. The zero-order chi connectivity index (χ0) is 23.5. The molecule has 180 valence electrons. The van der Waals surface area contributed by atoms with Crippen molar-refractivity contribution in [1.82, 2.24) is 20.5 Å². The number of ether oxygens (including phenoxy) is 1. The highest BCUT2D eigenvalue weighted by Crippen LogP contribution is 2.24. The van der Waals surface area contributed by atoms with Gasteiger partial charge in [0.2, 0.25) is 0 Å². The van der Waals surface area contributed by atoms with Crippen LogP contribution in [0.3, 0.4) is 0 Å². The normalized spacial score (nSPS) is 15.1. The number of nitrogens with two attached hydrogens (primary N) is 1. The van der Waals surface area contributed by atoms with Crippen molar-refractivity contribution in [2.75, 3.05) is 50.4 Å². The van der Waals surface area contributed by atoms with Gasteiger partial charge < -0.3 is 26.4 Å². The van der Waals surface area contributed by atoms with E-state index < -0.39 is 0 Å².